The monoisotopic (exact) mass is 463 g/mol. The van der Waals surface area contributed by atoms with Crippen molar-refractivity contribution >= 4 is 35.7 Å². The van der Waals surface area contributed by atoms with Gasteiger partial charge in [-0.15, -0.1) is 0 Å². The predicted octanol–water partition coefficient (Wildman–Crippen LogP) is 1.10. The molecule has 0 aromatic carbocycles. The first kappa shape index (κ1) is 22.0. The van der Waals surface area contributed by atoms with Crippen LogP contribution in [0.5, 0.6) is 0 Å². The van der Waals surface area contributed by atoms with Gasteiger partial charge in [0.1, 0.15) is 18.7 Å². The van der Waals surface area contributed by atoms with E-state index in [9.17, 15) is 14.4 Å². The maximum Gasteiger partial charge on any atom is 0.248 e. The molecule has 34 heavy (non-hydrogen) atoms. The third-order valence-electron chi connectivity index (χ3n) is 6.62. The van der Waals surface area contributed by atoms with Gasteiger partial charge < -0.3 is 24.6 Å². The highest BCUT2D eigenvalue weighted by atomic mass is 16.3. The molecule has 0 saturated carbocycles. The summed E-state index contributed by atoms with van der Waals surface area (Å²) in [5, 5.41) is 11.9. The lowest BCUT2D eigenvalue weighted by Gasteiger charge is -2.50. The fraction of sp³-hybridized carbons (Fsp3) is 0.375. The van der Waals surface area contributed by atoms with E-state index in [2.05, 4.69) is 15.3 Å². The quantitative estimate of drug-likeness (QED) is 0.650. The average molecular weight is 463 g/mol. The van der Waals surface area contributed by atoms with Crippen LogP contribution < -0.4 is 5.32 Å². The Hall–Kier alpha value is -3.79. The topological polar surface area (TPSA) is 129 Å². The van der Waals surface area contributed by atoms with Gasteiger partial charge in [0, 0.05) is 38.5 Å². The molecule has 2 aromatic heterocycles. The number of aliphatic hydroxyl groups excluding tert-OH is 1. The van der Waals surface area contributed by atoms with Gasteiger partial charge in [-0.1, -0.05) is 5.57 Å². The fourth-order valence-electron chi connectivity index (χ4n) is 4.68. The lowest BCUT2D eigenvalue weighted by molar-refractivity contribution is -0.153. The van der Waals surface area contributed by atoms with Gasteiger partial charge in [-0.25, -0.2) is 9.97 Å². The van der Waals surface area contributed by atoms with Crippen molar-refractivity contribution in [3.8, 4) is 0 Å². The summed E-state index contributed by atoms with van der Waals surface area (Å²) >= 11 is 0. The molecule has 5 rings (SSSR count). The Morgan fingerprint density at radius 2 is 2.00 bits per heavy atom. The van der Waals surface area contributed by atoms with Crippen molar-refractivity contribution < 1.29 is 23.9 Å². The fourth-order valence-corrected chi connectivity index (χ4v) is 4.68. The van der Waals surface area contributed by atoms with Crippen molar-refractivity contribution in [2.75, 3.05) is 38.1 Å². The predicted molar refractivity (Wildman–Crippen MR) is 122 cm³/mol. The Morgan fingerprint density at radius 3 is 2.71 bits per heavy atom. The number of pyridine rings is 1. The summed E-state index contributed by atoms with van der Waals surface area (Å²) in [4.78, 5) is 48.7. The second kappa shape index (κ2) is 8.86. The van der Waals surface area contributed by atoms with Gasteiger partial charge in [0.05, 0.1) is 11.6 Å². The average Bonchev–Trinajstić information content (AvgIpc) is 3.33. The van der Waals surface area contributed by atoms with Crippen LogP contribution >= 0.6 is 0 Å². The highest BCUT2D eigenvalue weighted by molar-refractivity contribution is 6.00. The van der Waals surface area contributed by atoms with Crippen LogP contribution in [0.15, 0.2) is 40.8 Å². The minimum absolute atomic E-state index is 0.0604. The van der Waals surface area contributed by atoms with E-state index < -0.39 is 12.0 Å². The molecule has 176 valence electrons. The van der Waals surface area contributed by atoms with Crippen molar-refractivity contribution in [3.05, 3.63) is 53.4 Å². The van der Waals surface area contributed by atoms with Crippen LogP contribution in [0, 0.1) is 5.41 Å². The first-order valence-corrected chi connectivity index (χ1v) is 11.2. The van der Waals surface area contributed by atoms with Crippen molar-refractivity contribution in [2.45, 2.75) is 19.3 Å². The molecule has 1 spiro atoms. The molecule has 0 unspecified atom stereocenters. The summed E-state index contributed by atoms with van der Waals surface area (Å²) in [5.41, 5.74) is 2.15. The number of amides is 3. The SMILES string of the molecule is O=C(C=Cc1cnc2c(c1)CC1(CN(C(=O)CO)C1)C(=O)N2)N1CCC(=Cc2ncco2)CC1. The molecule has 3 amide bonds. The summed E-state index contributed by atoms with van der Waals surface area (Å²) in [6.45, 7) is 1.26. The number of carbonyl (C=O) groups excluding carboxylic acids is 3. The molecular formula is C24H25N5O5. The lowest BCUT2D eigenvalue weighted by atomic mass is 9.72. The standard InChI is InChI=1S/C24H25N5O5/c30-13-21(32)29-14-24(15-29)11-18-9-17(12-26-22(18)27-23(24)33)1-2-20(31)28-6-3-16(4-7-28)10-19-25-5-8-34-19/h1-2,5,8-10,12,30H,3-4,6-7,11,13-15H2,(H,26,27,33). The number of hydrogen-bond donors (Lipinski definition) is 2. The van der Waals surface area contributed by atoms with Crippen LogP contribution in [0.25, 0.3) is 12.2 Å². The summed E-state index contributed by atoms with van der Waals surface area (Å²) in [6.07, 6.45) is 12.0. The van der Waals surface area contributed by atoms with E-state index in [1.165, 1.54) is 16.7 Å². The first-order chi connectivity index (χ1) is 16.5. The van der Waals surface area contributed by atoms with E-state index in [0.717, 1.165) is 24.0 Å². The highest BCUT2D eigenvalue weighted by Crippen LogP contribution is 2.40. The molecule has 10 nitrogen and oxygen atoms in total. The lowest BCUT2D eigenvalue weighted by Crippen LogP contribution is -2.66. The number of oxazole rings is 1. The Balaban J connectivity index is 1.20. The number of fused-ring (bicyclic) bond motifs is 1. The first-order valence-electron chi connectivity index (χ1n) is 11.2. The molecule has 2 aromatic rings. The van der Waals surface area contributed by atoms with Gasteiger partial charge in [0.2, 0.25) is 23.6 Å². The number of nitrogens with one attached hydrogen (secondary N) is 1. The Morgan fingerprint density at radius 1 is 1.21 bits per heavy atom. The number of aromatic nitrogens is 2. The summed E-state index contributed by atoms with van der Waals surface area (Å²) in [7, 11) is 0. The van der Waals surface area contributed by atoms with E-state index in [0.29, 0.717) is 31.2 Å². The normalized spacial score (nSPS) is 19.1. The maximum absolute atomic E-state index is 12.7. The molecule has 3 aliphatic rings. The molecule has 0 atom stereocenters. The summed E-state index contributed by atoms with van der Waals surface area (Å²) in [5.74, 6) is 0.495. The third-order valence-corrected chi connectivity index (χ3v) is 6.62. The molecular weight excluding hydrogens is 438 g/mol. The zero-order valence-corrected chi connectivity index (χ0v) is 18.6. The summed E-state index contributed by atoms with van der Waals surface area (Å²) < 4.78 is 5.25. The third kappa shape index (κ3) is 4.24. The zero-order chi connectivity index (χ0) is 23.7. The highest BCUT2D eigenvalue weighted by Gasteiger charge is 2.53. The Kier molecular flexibility index (Phi) is 5.74. The van der Waals surface area contributed by atoms with Crippen LogP contribution in [0.3, 0.4) is 0 Å². The van der Waals surface area contributed by atoms with Crippen LogP contribution in [0.1, 0.15) is 29.9 Å². The number of rotatable bonds is 4. The van der Waals surface area contributed by atoms with Crippen LogP contribution in [-0.4, -0.2) is 75.4 Å². The van der Waals surface area contributed by atoms with Gasteiger partial charge in [-0.3, -0.25) is 14.4 Å². The number of piperidine rings is 1. The van der Waals surface area contributed by atoms with Gasteiger partial charge in [0.25, 0.3) is 0 Å². The van der Waals surface area contributed by atoms with Crippen molar-refractivity contribution in [3.63, 3.8) is 0 Å². The molecule has 5 heterocycles. The maximum atomic E-state index is 12.7. The molecule has 0 aliphatic carbocycles. The minimum atomic E-state index is -0.693. The van der Waals surface area contributed by atoms with E-state index in [-0.39, 0.29) is 30.8 Å². The van der Waals surface area contributed by atoms with Crippen LogP contribution in [0.4, 0.5) is 5.82 Å². The Labute approximate surface area is 196 Å². The second-order valence-corrected chi connectivity index (χ2v) is 8.93. The number of anilines is 1. The largest absolute Gasteiger partial charge is 0.445 e. The number of carbonyl (C=O) groups is 3. The molecule has 2 saturated heterocycles. The van der Waals surface area contributed by atoms with Gasteiger partial charge in [-0.2, -0.15) is 0 Å². The van der Waals surface area contributed by atoms with Gasteiger partial charge >= 0.3 is 0 Å². The molecule has 0 radical (unpaired) electrons. The van der Waals surface area contributed by atoms with Crippen molar-refractivity contribution in [1.29, 1.82) is 0 Å². The summed E-state index contributed by atoms with van der Waals surface area (Å²) in [6, 6.07) is 1.91. The molecule has 2 N–H and O–H groups in total. The molecule has 3 aliphatic heterocycles. The molecule has 2 fully saturated rings. The van der Waals surface area contributed by atoms with Gasteiger partial charge in [-0.05, 0) is 48.6 Å². The van der Waals surface area contributed by atoms with Crippen molar-refractivity contribution in [2.24, 2.45) is 5.41 Å². The van der Waals surface area contributed by atoms with Crippen LogP contribution in [0.2, 0.25) is 0 Å². The van der Waals surface area contributed by atoms with E-state index in [1.54, 1.807) is 24.5 Å². The van der Waals surface area contributed by atoms with Crippen LogP contribution in [-0.2, 0) is 20.8 Å². The van der Waals surface area contributed by atoms with Crippen molar-refractivity contribution in [1.82, 2.24) is 19.8 Å². The Bertz CT molecular complexity index is 1170. The number of likely N-dealkylation sites (tertiary alicyclic amines) is 2. The smallest absolute Gasteiger partial charge is 0.248 e. The minimum Gasteiger partial charge on any atom is -0.445 e. The van der Waals surface area contributed by atoms with E-state index in [4.69, 9.17) is 9.52 Å². The number of hydrogen-bond acceptors (Lipinski definition) is 7. The van der Waals surface area contributed by atoms with Gasteiger partial charge in [0.15, 0.2) is 0 Å². The molecule has 0 bridgehead atoms. The number of nitrogens with zero attached hydrogens (tertiary/aromatic N) is 4. The number of aliphatic hydroxyl groups is 1. The zero-order valence-electron chi connectivity index (χ0n) is 18.6. The molecule has 10 heteroatoms. The second-order valence-electron chi connectivity index (χ2n) is 8.93. The van der Waals surface area contributed by atoms with E-state index in [1.807, 2.05) is 17.0 Å². The van der Waals surface area contributed by atoms with E-state index >= 15 is 0 Å².